The molecule has 1 atom stereocenters. The summed E-state index contributed by atoms with van der Waals surface area (Å²) >= 11 is 5.39. The highest BCUT2D eigenvalue weighted by Gasteiger charge is 2.40. The number of rotatable bonds is 0. The van der Waals surface area contributed by atoms with Gasteiger partial charge in [-0.05, 0) is 44.9 Å². The van der Waals surface area contributed by atoms with Gasteiger partial charge >= 0.3 is 0 Å². The lowest BCUT2D eigenvalue weighted by Gasteiger charge is -2.36. The summed E-state index contributed by atoms with van der Waals surface area (Å²) in [6.07, 6.45) is 0. The van der Waals surface area contributed by atoms with Crippen LogP contribution in [0.4, 0.5) is 0 Å². The normalized spacial score (nSPS) is 22.5. The highest BCUT2D eigenvalue weighted by atomic mass is 79.9. The third-order valence-corrected chi connectivity index (χ3v) is 6.34. The van der Waals surface area contributed by atoms with E-state index in [0.717, 1.165) is 20.5 Å². The van der Waals surface area contributed by atoms with Crippen molar-refractivity contribution in [3.8, 4) is 0 Å². The van der Waals surface area contributed by atoms with Gasteiger partial charge in [0, 0.05) is 25.6 Å². The van der Waals surface area contributed by atoms with Crippen molar-refractivity contribution in [2.75, 3.05) is 0 Å². The number of benzene rings is 1. The number of thioether (sulfide) groups is 1. The first-order chi connectivity index (χ1) is 7.75. The summed E-state index contributed by atoms with van der Waals surface area (Å²) in [6, 6.07) is 2.13. The van der Waals surface area contributed by atoms with Gasteiger partial charge in [0.25, 0.3) is 0 Å². The van der Waals surface area contributed by atoms with Crippen molar-refractivity contribution in [2.24, 2.45) is 5.92 Å². The standard InChI is InChI=1S/C14H17BrOS/c1-7-6-10-11(8(2)12(7)15)13(16)9(3)14(4,5)17-10/h6,9H,1-5H3. The van der Waals surface area contributed by atoms with E-state index >= 15 is 0 Å². The van der Waals surface area contributed by atoms with Crippen molar-refractivity contribution in [1.29, 1.82) is 0 Å². The molecule has 2 rings (SSSR count). The number of ketones is 1. The number of aryl methyl sites for hydroxylation is 1. The zero-order chi connectivity index (χ0) is 13.0. The first-order valence-corrected chi connectivity index (χ1v) is 7.39. The largest absolute Gasteiger partial charge is 0.294 e. The van der Waals surface area contributed by atoms with E-state index in [4.69, 9.17) is 0 Å². The van der Waals surface area contributed by atoms with E-state index in [9.17, 15) is 4.79 Å². The molecule has 0 amide bonds. The molecule has 1 heterocycles. The molecule has 0 N–H and O–H groups in total. The summed E-state index contributed by atoms with van der Waals surface area (Å²) in [5, 5.41) is 0. The quantitative estimate of drug-likeness (QED) is 0.686. The SMILES string of the molecule is Cc1cc2c(c(C)c1Br)C(=O)C(C)C(C)(C)S2. The van der Waals surface area contributed by atoms with E-state index in [1.165, 1.54) is 5.56 Å². The molecule has 0 spiro atoms. The van der Waals surface area contributed by atoms with Gasteiger partial charge in [-0.1, -0.05) is 22.9 Å². The van der Waals surface area contributed by atoms with Gasteiger partial charge in [-0.25, -0.2) is 0 Å². The van der Waals surface area contributed by atoms with Gasteiger partial charge in [0.15, 0.2) is 5.78 Å². The Kier molecular flexibility index (Phi) is 3.20. The third-order valence-electron chi connectivity index (χ3n) is 3.70. The molecule has 1 aliphatic heterocycles. The molecule has 1 unspecified atom stereocenters. The summed E-state index contributed by atoms with van der Waals surface area (Å²) in [6.45, 7) is 10.4. The fraction of sp³-hybridized carbons (Fsp3) is 0.500. The Hall–Kier alpha value is -0.280. The number of carbonyl (C=O) groups excluding carboxylic acids is 1. The molecular weight excluding hydrogens is 296 g/mol. The molecule has 0 bridgehead atoms. The Bertz CT molecular complexity index is 505. The van der Waals surface area contributed by atoms with Crippen LogP contribution in [-0.4, -0.2) is 10.5 Å². The molecule has 1 aliphatic rings. The summed E-state index contributed by atoms with van der Waals surface area (Å²) in [5.41, 5.74) is 3.20. The number of carbonyl (C=O) groups is 1. The fourth-order valence-corrected chi connectivity index (χ4v) is 3.97. The molecule has 92 valence electrons. The molecule has 0 fully saturated rings. The summed E-state index contributed by atoms with van der Waals surface area (Å²) in [5.74, 6) is 0.343. The van der Waals surface area contributed by atoms with Gasteiger partial charge in [-0.2, -0.15) is 0 Å². The van der Waals surface area contributed by atoms with Gasteiger partial charge in [-0.15, -0.1) is 11.8 Å². The van der Waals surface area contributed by atoms with Gasteiger partial charge in [0.2, 0.25) is 0 Å². The predicted octanol–water partition coefficient (Wildman–Crippen LogP) is 4.77. The monoisotopic (exact) mass is 312 g/mol. The summed E-state index contributed by atoms with van der Waals surface area (Å²) in [7, 11) is 0. The maximum Gasteiger partial charge on any atom is 0.168 e. The second-order valence-electron chi connectivity index (χ2n) is 5.30. The number of hydrogen-bond acceptors (Lipinski definition) is 2. The second kappa shape index (κ2) is 4.13. The third kappa shape index (κ3) is 1.97. The van der Waals surface area contributed by atoms with E-state index in [2.05, 4.69) is 42.8 Å². The second-order valence-corrected chi connectivity index (χ2v) is 7.79. The van der Waals surface area contributed by atoms with Gasteiger partial charge in [0.1, 0.15) is 0 Å². The first-order valence-electron chi connectivity index (χ1n) is 5.78. The van der Waals surface area contributed by atoms with E-state index in [1.54, 1.807) is 0 Å². The lowest BCUT2D eigenvalue weighted by atomic mass is 9.86. The maximum atomic E-state index is 12.5. The highest BCUT2D eigenvalue weighted by molar-refractivity contribution is 9.10. The molecule has 0 aliphatic carbocycles. The van der Waals surface area contributed by atoms with Crippen LogP contribution in [-0.2, 0) is 0 Å². The van der Waals surface area contributed by atoms with Gasteiger partial charge in [0.05, 0.1) is 0 Å². The molecule has 0 saturated heterocycles. The average molecular weight is 313 g/mol. The molecule has 0 saturated carbocycles. The molecule has 1 aromatic carbocycles. The van der Waals surface area contributed by atoms with Crippen LogP contribution in [0.15, 0.2) is 15.4 Å². The molecule has 0 aromatic heterocycles. The van der Waals surface area contributed by atoms with E-state index < -0.39 is 0 Å². The van der Waals surface area contributed by atoms with Crippen molar-refractivity contribution in [1.82, 2.24) is 0 Å². The van der Waals surface area contributed by atoms with Gasteiger partial charge < -0.3 is 0 Å². The zero-order valence-electron chi connectivity index (χ0n) is 10.8. The number of hydrogen-bond donors (Lipinski definition) is 0. The Balaban J connectivity index is 2.70. The van der Waals surface area contributed by atoms with Crippen LogP contribution in [0.5, 0.6) is 0 Å². The lowest BCUT2D eigenvalue weighted by molar-refractivity contribution is 0.0903. The van der Waals surface area contributed by atoms with Crippen LogP contribution in [0.3, 0.4) is 0 Å². The van der Waals surface area contributed by atoms with E-state index in [-0.39, 0.29) is 16.4 Å². The minimum Gasteiger partial charge on any atom is -0.294 e. The summed E-state index contributed by atoms with van der Waals surface area (Å²) in [4.78, 5) is 13.6. The van der Waals surface area contributed by atoms with E-state index in [1.807, 2.05) is 25.6 Å². The molecular formula is C14H17BrOS. The van der Waals surface area contributed by atoms with Crippen LogP contribution in [0.2, 0.25) is 0 Å². The minimum absolute atomic E-state index is 0.0171. The van der Waals surface area contributed by atoms with Crippen LogP contribution in [0, 0.1) is 19.8 Å². The molecule has 3 heteroatoms. The topological polar surface area (TPSA) is 17.1 Å². The summed E-state index contributed by atoms with van der Waals surface area (Å²) < 4.78 is 1.05. The first kappa shape index (κ1) is 13.2. The number of Topliss-reactive ketones (excluding diaryl/α,β-unsaturated/α-hetero) is 1. The van der Waals surface area contributed by atoms with Crippen molar-refractivity contribution < 1.29 is 4.79 Å². The lowest BCUT2D eigenvalue weighted by Crippen LogP contribution is -2.36. The predicted molar refractivity (Wildman–Crippen MR) is 77.0 cm³/mol. The van der Waals surface area contributed by atoms with Crippen LogP contribution >= 0.6 is 27.7 Å². The Morgan fingerprint density at radius 3 is 2.53 bits per heavy atom. The van der Waals surface area contributed by atoms with Crippen molar-refractivity contribution >= 4 is 33.5 Å². The minimum atomic E-state index is -0.0171. The van der Waals surface area contributed by atoms with Crippen molar-refractivity contribution in [3.63, 3.8) is 0 Å². The highest BCUT2D eigenvalue weighted by Crippen LogP contribution is 2.48. The number of fused-ring (bicyclic) bond motifs is 1. The molecule has 0 radical (unpaired) electrons. The molecule has 1 aromatic rings. The fourth-order valence-electron chi connectivity index (χ4n) is 2.21. The van der Waals surface area contributed by atoms with Crippen LogP contribution in [0.1, 0.15) is 42.3 Å². The average Bonchev–Trinajstić information content (AvgIpc) is 2.22. The molecule has 17 heavy (non-hydrogen) atoms. The Morgan fingerprint density at radius 1 is 1.35 bits per heavy atom. The van der Waals surface area contributed by atoms with E-state index in [0.29, 0.717) is 0 Å². The van der Waals surface area contributed by atoms with Crippen LogP contribution < -0.4 is 0 Å². The maximum absolute atomic E-state index is 12.5. The zero-order valence-corrected chi connectivity index (χ0v) is 13.3. The Labute approximate surface area is 115 Å². The van der Waals surface area contributed by atoms with Crippen LogP contribution in [0.25, 0.3) is 0 Å². The number of halogens is 1. The van der Waals surface area contributed by atoms with Crippen molar-refractivity contribution in [2.45, 2.75) is 44.3 Å². The van der Waals surface area contributed by atoms with Crippen molar-refractivity contribution in [3.05, 3.63) is 27.2 Å². The van der Waals surface area contributed by atoms with Gasteiger partial charge in [-0.3, -0.25) is 4.79 Å². The molecule has 1 nitrogen and oxygen atoms in total. The smallest absolute Gasteiger partial charge is 0.168 e. The Morgan fingerprint density at radius 2 is 1.94 bits per heavy atom.